The van der Waals surface area contributed by atoms with Crippen molar-refractivity contribution in [2.45, 2.75) is 51.2 Å². The normalized spacial score (nSPS) is 21.8. The Balaban J connectivity index is 0.865. The molecule has 0 spiro atoms. The molecule has 2 aromatic heterocycles. The second-order valence-corrected chi connectivity index (χ2v) is 14.4. The molecule has 0 radical (unpaired) electrons. The van der Waals surface area contributed by atoms with Gasteiger partial charge in [-0.25, -0.2) is 14.6 Å². The van der Waals surface area contributed by atoms with Crippen LogP contribution in [0.15, 0.2) is 67.0 Å². The molecule has 2 aromatic carbocycles. The summed E-state index contributed by atoms with van der Waals surface area (Å²) >= 11 is 0. The zero-order valence-electron chi connectivity index (χ0n) is 30.1. The predicted octanol–water partition coefficient (Wildman–Crippen LogP) is 4.92. The van der Waals surface area contributed by atoms with Crippen molar-refractivity contribution in [1.29, 1.82) is 0 Å². The van der Waals surface area contributed by atoms with Crippen molar-refractivity contribution < 1.29 is 24.0 Å². The van der Waals surface area contributed by atoms with Gasteiger partial charge in [-0.15, -0.1) is 0 Å². The molecular weight excluding hydrogens is 686 g/mol. The van der Waals surface area contributed by atoms with Crippen LogP contribution in [0.2, 0.25) is 0 Å². The lowest BCUT2D eigenvalue weighted by molar-refractivity contribution is -0.132. The molecule has 4 amide bonds. The molecule has 4 aliphatic rings. The Morgan fingerprint density at radius 1 is 0.870 bits per heavy atom. The van der Waals surface area contributed by atoms with Gasteiger partial charge in [-0.05, 0) is 62.7 Å². The third-order valence-corrected chi connectivity index (χ3v) is 11.0. The Morgan fingerprint density at radius 2 is 1.65 bits per heavy atom. The highest BCUT2D eigenvalue weighted by atomic mass is 16.2. The van der Waals surface area contributed by atoms with Gasteiger partial charge in [0.05, 0.1) is 47.6 Å². The molecule has 4 aromatic rings. The number of hydrogen-bond acceptors (Lipinski definition) is 10. The molecule has 1 unspecified atom stereocenters. The molecule has 0 bridgehead atoms. The number of benzene rings is 2. The van der Waals surface area contributed by atoms with Crippen LogP contribution in [0.5, 0.6) is 0 Å². The zero-order chi connectivity index (χ0) is 37.7. The van der Waals surface area contributed by atoms with Gasteiger partial charge in [-0.2, -0.15) is 0 Å². The van der Waals surface area contributed by atoms with Crippen molar-refractivity contribution in [3.8, 4) is 0 Å². The summed E-state index contributed by atoms with van der Waals surface area (Å²) in [5.74, 6) is -0.721. The zero-order valence-corrected chi connectivity index (χ0v) is 30.1. The Bertz CT molecular complexity index is 2240. The summed E-state index contributed by atoms with van der Waals surface area (Å²) in [6.45, 7) is 15.5. The van der Waals surface area contributed by atoms with Gasteiger partial charge in [0.1, 0.15) is 11.6 Å². The Labute approximate surface area is 312 Å². The maximum absolute atomic E-state index is 13.5. The number of nitrogens with zero attached hydrogens (tertiary/aromatic N) is 8. The average molecular weight is 726 g/mol. The van der Waals surface area contributed by atoms with E-state index in [2.05, 4.69) is 41.8 Å². The maximum atomic E-state index is 13.5. The summed E-state index contributed by atoms with van der Waals surface area (Å²) in [5, 5.41) is 3.95. The number of piperazine rings is 2. The highest BCUT2D eigenvalue weighted by Crippen LogP contribution is 2.36. The molecule has 1 N–H and O–H groups in total. The SMILES string of the molecule is [C-]#[N+]c1ccc(N2C[C@@H](C)N(C(=O)Nc3ccc(N4CCN(c5ccc6c(c5)C(=O)N(C5CCC(=O)CC5=O)C6=O)CC4)nc3)C[C@@H]2C)c2cccnc12. The number of carbonyl (C=O) groups is 5. The minimum atomic E-state index is -0.890. The van der Waals surface area contributed by atoms with E-state index in [9.17, 15) is 24.0 Å². The summed E-state index contributed by atoms with van der Waals surface area (Å²) in [5.41, 5.74) is 4.20. The average Bonchev–Trinajstić information content (AvgIpc) is 3.43. The quantitative estimate of drug-likeness (QED) is 0.171. The van der Waals surface area contributed by atoms with Gasteiger partial charge in [-0.3, -0.25) is 29.1 Å². The van der Waals surface area contributed by atoms with Gasteiger partial charge in [-0.1, -0.05) is 12.1 Å². The number of ketones is 2. The largest absolute Gasteiger partial charge is 0.368 e. The first kappa shape index (κ1) is 34.7. The number of pyridine rings is 2. The highest BCUT2D eigenvalue weighted by Gasteiger charge is 2.44. The van der Waals surface area contributed by atoms with E-state index in [4.69, 9.17) is 6.57 Å². The third kappa shape index (κ3) is 6.15. The van der Waals surface area contributed by atoms with Gasteiger partial charge in [0.15, 0.2) is 5.78 Å². The molecule has 5 heterocycles. The number of urea groups is 1. The number of carbonyl (C=O) groups excluding carboxylic acids is 5. The second kappa shape index (κ2) is 13.9. The van der Waals surface area contributed by atoms with Crippen LogP contribution in [-0.4, -0.2) is 107 Å². The highest BCUT2D eigenvalue weighted by molar-refractivity contribution is 6.24. The van der Waals surface area contributed by atoms with Crippen LogP contribution in [0.4, 0.5) is 33.4 Å². The smallest absolute Gasteiger partial charge is 0.322 e. The number of amides is 4. The molecule has 8 rings (SSSR count). The van der Waals surface area contributed by atoms with Crippen LogP contribution < -0.4 is 20.0 Å². The summed E-state index contributed by atoms with van der Waals surface area (Å²) in [4.78, 5) is 86.5. The number of aromatic nitrogens is 2. The second-order valence-electron chi connectivity index (χ2n) is 14.4. The molecule has 1 saturated carbocycles. The van der Waals surface area contributed by atoms with E-state index in [-0.39, 0.29) is 60.1 Å². The van der Waals surface area contributed by atoms with Crippen LogP contribution in [0.3, 0.4) is 0 Å². The molecule has 274 valence electrons. The van der Waals surface area contributed by atoms with Crippen molar-refractivity contribution in [1.82, 2.24) is 19.8 Å². The fraction of sp³-hybridized carbons (Fsp3) is 0.350. The monoisotopic (exact) mass is 725 g/mol. The van der Waals surface area contributed by atoms with Gasteiger partial charge in [0.25, 0.3) is 11.8 Å². The molecule has 14 nitrogen and oxygen atoms in total. The van der Waals surface area contributed by atoms with Gasteiger partial charge >= 0.3 is 6.03 Å². The van der Waals surface area contributed by atoms with E-state index in [0.29, 0.717) is 56.2 Å². The van der Waals surface area contributed by atoms with Crippen molar-refractivity contribution >= 4 is 68.9 Å². The lowest BCUT2D eigenvalue weighted by Gasteiger charge is -2.45. The number of hydrogen-bond donors (Lipinski definition) is 1. The maximum Gasteiger partial charge on any atom is 0.322 e. The number of fused-ring (bicyclic) bond motifs is 2. The topological polar surface area (TPSA) is 144 Å². The predicted molar refractivity (Wildman–Crippen MR) is 203 cm³/mol. The third-order valence-electron chi connectivity index (χ3n) is 11.0. The Kier molecular flexibility index (Phi) is 8.93. The molecule has 3 fully saturated rings. The summed E-state index contributed by atoms with van der Waals surface area (Å²) < 4.78 is 0. The number of Topliss-reactive ketones (excluding diaryl/α,β-unsaturated/α-hetero) is 2. The first-order valence-corrected chi connectivity index (χ1v) is 18.2. The lowest BCUT2D eigenvalue weighted by Crippen LogP contribution is -2.59. The first-order valence-electron chi connectivity index (χ1n) is 18.2. The van der Waals surface area contributed by atoms with Crippen LogP contribution in [0, 0.1) is 6.57 Å². The van der Waals surface area contributed by atoms with Gasteiger partial charge in [0, 0.05) is 80.7 Å². The van der Waals surface area contributed by atoms with E-state index in [1.165, 1.54) is 0 Å². The van der Waals surface area contributed by atoms with Crippen LogP contribution >= 0.6 is 0 Å². The molecular formula is C40H39N9O5. The van der Waals surface area contributed by atoms with Gasteiger partial charge in [0.2, 0.25) is 5.69 Å². The fourth-order valence-electron chi connectivity index (χ4n) is 8.12. The number of imide groups is 1. The molecule has 1 aliphatic carbocycles. The standard InChI is InChI=1S/C40H39N9O5/c1-24-23-48(25(2)22-47(24)33-12-10-32(41-3)37-30(33)5-4-14-42-37)40(54)44-26-6-13-36(43-21-26)46-17-15-45(16-18-46)27-7-9-29-31(19-27)39(53)49(38(29)52)34-11-8-28(50)20-35(34)51/h4-7,9-10,12-14,19,21,24-25,34H,8,11,15-18,20,22-23H2,1-2H3,(H,44,54)/t24-,25+,34?/m0/s1. The molecule has 2 saturated heterocycles. The van der Waals surface area contributed by atoms with Gasteiger partial charge < -0.3 is 24.9 Å². The van der Waals surface area contributed by atoms with E-state index < -0.39 is 17.9 Å². The lowest BCUT2D eigenvalue weighted by atomic mass is 9.92. The van der Waals surface area contributed by atoms with Crippen molar-refractivity contribution in [3.63, 3.8) is 0 Å². The molecule has 3 aliphatic heterocycles. The van der Waals surface area contributed by atoms with E-state index >= 15 is 0 Å². The first-order chi connectivity index (χ1) is 26.1. The summed E-state index contributed by atoms with van der Waals surface area (Å²) in [6.07, 6.45) is 3.49. The summed E-state index contributed by atoms with van der Waals surface area (Å²) in [6, 6.07) is 15.5. The number of rotatable bonds is 5. The van der Waals surface area contributed by atoms with Crippen molar-refractivity contribution in [2.75, 3.05) is 59.3 Å². The Morgan fingerprint density at radius 3 is 2.39 bits per heavy atom. The van der Waals surface area contributed by atoms with Crippen molar-refractivity contribution in [2.24, 2.45) is 0 Å². The van der Waals surface area contributed by atoms with Crippen LogP contribution in [0.25, 0.3) is 15.7 Å². The van der Waals surface area contributed by atoms with E-state index in [1.54, 1.807) is 24.5 Å². The van der Waals surface area contributed by atoms with Crippen LogP contribution in [0.1, 0.15) is 53.8 Å². The molecule has 14 heteroatoms. The minimum absolute atomic E-state index is 0.0306. The minimum Gasteiger partial charge on any atom is -0.368 e. The Hall–Kier alpha value is -6.36. The van der Waals surface area contributed by atoms with Crippen molar-refractivity contribution in [3.05, 3.63) is 89.5 Å². The number of anilines is 4. The fourth-order valence-corrected chi connectivity index (χ4v) is 8.12. The molecule has 54 heavy (non-hydrogen) atoms. The van der Waals surface area contributed by atoms with E-state index in [0.717, 1.165) is 27.5 Å². The molecule has 3 atom stereocenters. The summed E-state index contributed by atoms with van der Waals surface area (Å²) in [7, 11) is 0. The van der Waals surface area contributed by atoms with E-state index in [1.807, 2.05) is 54.3 Å². The number of nitrogens with one attached hydrogen (secondary N) is 1. The van der Waals surface area contributed by atoms with Crippen LogP contribution in [-0.2, 0) is 9.59 Å².